The fourth-order valence-electron chi connectivity index (χ4n) is 3.43. The van der Waals surface area contributed by atoms with Crippen LogP contribution in [0.4, 0.5) is 0 Å². The number of rotatable bonds is 0. The van der Waals surface area contributed by atoms with Gasteiger partial charge in [-0.1, -0.05) is 52.3 Å². The third kappa shape index (κ3) is 3.49. The Morgan fingerprint density at radius 3 is 1.93 bits per heavy atom. The SMILES string of the molecule is Brc1ccc2c(c1)oc1ccccc12.Brc1ccc2c(oc3ccccc32)c1I. The summed E-state index contributed by atoms with van der Waals surface area (Å²) in [6.45, 7) is 0. The summed E-state index contributed by atoms with van der Waals surface area (Å²) in [5.74, 6) is 0. The molecule has 29 heavy (non-hydrogen) atoms. The van der Waals surface area contributed by atoms with E-state index >= 15 is 0 Å². The lowest BCUT2D eigenvalue weighted by atomic mass is 10.2. The van der Waals surface area contributed by atoms with Crippen LogP contribution in [0.5, 0.6) is 0 Å². The van der Waals surface area contributed by atoms with E-state index in [2.05, 4.69) is 84.8 Å². The van der Waals surface area contributed by atoms with Crippen LogP contribution >= 0.6 is 54.5 Å². The van der Waals surface area contributed by atoms with Gasteiger partial charge < -0.3 is 8.83 Å². The zero-order valence-corrected chi connectivity index (χ0v) is 20.3. The molecule has 0 atom stereocenters. The molecule has 0 aliphatic rings. The normalized spacial score (nSPS) is 11.3. The zero-order chi connectivity index (χ0) is 20.0. The third-order valence-corrected chi connectivity index (χ3v) is 7.75. The van der Waals surface area contributed by atoms with Crippen molar-refractivity contribution in [1.82, 2.24) is 0 Å². The Morgan fingerprint density at radius 2 is 1.17 bits per heavy atom. The summed E-state index contributed by atoms with van der Waals surface area (Å²) >= 11 is 9.23. The van der Waals surface area contributed by atoms with Crippen LogP contribution in [0.15, 0.2) is 96.6 Å². The number of hydrogen-bond donors (Lipinski definition) is 0. The number of furan rings is 2. The molecule has 0 saturated heterocycles. The Morgan fingerprint density at radius 1 is 0.586 bits per heavy atom. The molecule has 0 saturated carbocycles. The second-order valence-corrected chi connectivity index (χ2v) is 9.42. The molecule has 6 aromatic rings. The van der Waals surface area contributed by atoms with Gasteiger partial charge in [0, 0.05) is 30.5 Å². The summed E-state index contributed by atoms with van der Waals surface area (Å²) < 4.78 is 14.8. The molecule has 2 aromatic heterocycles. The highest BCUT2D eigenvalue weighted by atomic mass is 127. The first kappa shape index (κ1) is 19.2. The Bertz CT molecular complexity index is 1500. The maximum atomic E-state index is 5.83. The highest BCUT2D eigenvalue weighted by Crippen LogP contribution is 2.35. The van der Waals surface area contributed by atoms with E-state index in [1.54, 1.807) is 0 Å². The van der Waals surface area contributed by atoms with Crippen molar-refractivity contribution < 1.29 is 8.83 Å². The van der Waals surface area contributed by atoms with Gasteiger partial charge in [-0.2, -0.15) is 0 Å². The summed E-state index contributed by atoms with van der Waals surface area (Å²) in [5, 5.41) is 4.70. The standard InChI is InChI=1S/C12H6BrIO.C12H7BrO/c13-9-6-5-8-7-3-1-2-4-10(7)15-12(8)11(9)14;13-8-5-6-10-9-3-1-2-4-11(9)14-12(10)7-8/h1-6H;1-7H. The van der Waals surface area contributed by atoms with Crippen LogP contribution in [-0.4, -0.2) is 0 Å². The van der Waals surface area contributed by atoms with Crippen LogP contribution in [0.2, 0.25) is 0 Å². The maximum Gasteiger partial charge on any atom is 0.149 e. The van der Waals surface area contributed by atoms with Crippen LogP contribution in [0.1, 0.15) is 0 Å². The second-order valence-electron chi connectivity index (χ2n) is 6.57. The van der Waals surface area contributed by atoms with Crippen molar-refractivity contribution in [2.45, 2.75) is 0 Å². The summed E-state index contributed by atoms with van der Waals surface area (Å²) in [7, 11) is 0. The molecular weight excluding hydrogens is 607 g/mol. The van der Waals surface area contributed by atoms with Gasteiger partial charge in [0.15, 0.2) is 0 Å². The molecule has 0 N–H and O–H groups in total. The van der Waals surface area contributed by atoms with E-state index in [0.29, 0.717) is 0 Å². The minimum absolute atomic E-state index is 0.931. The lowest BCUT2D eigenvalue weighted by molar-refractivity contribution is 0.666. The Kier molecular flexibility index (Phi) is 5.14. The quantitative estimate of drug-likeness (QED) is 0.158. The summed E-state index contributed by atoms with van der Waals surface area (Å²) in [6.07, 6.45) is 0. The number of para-hydroxylation sites is 2. The first-order valence-corrected chi connectivity index (χ1v) is 11.6. The van der Waals surface area contributed by atoms with Crippen molar-refractivity contribution in [2.24, 2.45) is 0 Å². The average molecular weight is 620 g/mol. The smallest absolute Gasteiger partial charge is 0.149 e. The van der Waals surface area contributed by atoms with Crippen molar-refractivity contribution in [3.8, 4) is 0 Å². The molecular formula is C24H13Br2IO2. The van der Waals surface area contributed by atoms with Crippen molar-refractivity contribution >= 4 is 98.3 Å². The molecule has 142 valence electrons. The predicted octanol–water partition coefficient (Wildman–Crippen LogP) is 9.30. The lowest BCUT2D eigenvalue weighted by Crippen LogP contribution is -1.74. The van der Waals surface area contributed by atoms with Crippen LogP contribution in [-0.2, 0) is 0 Å². The number of fused-ring (bicyclic) bond motifs is 6. The number of hydrogen-bond acceptors (Lipinski definition) is 2. The molecule has 2 nitrogen and oxygen atoms in total. The summed E-state index contributed by atoms with van der Waals surface area (Å²) in [5.41, 5.74) is 3.79. The molecule has 0 aliphatic heterocycles. The van der Waals surface area contributed by atoms with Crippen molar-refractivity contribution in [1.29, 1.82) is 0 Å². The molecule has 0 radical (unpaired) electrons. The van der Waals surface area contributed by atoms with Crippen LogP contribution in [0.3, 0.4) is 0 Å². The van der Waals surface area contributed by atoms with Crippen molar-refractivity contribution in [2.75, 3.05) is 0 Å². The summed E-state index contributed by atoms with van der Waals surface area (Å²) in [4.78, 5) is 0. The number of halogens is 3. The molecule has 5 heteroatoms. The molecule has 0 bridgehead atoms. The Labute approximate surface area is 197 Å². The second kappa shape index (κ2) is 7.78. The molecule has 0 aliphatic carbocycles. The molecule has 6 rings (SSSR count). The van der Waals surface area contributed by atoms with E-state index in [0.717, 1.165) is 34.8 Å². The van der Waals surface area contributed by atoms with Gasteiger partial charge in [-0.3, -0.25) is 0 Å². The van der Waals surface area contributed by atoms with E-state index in [-0.39, 0.29) is 0 Å². The van der Waals surface area contributed by atoms with E-state index in [9.17, 15) is 0 Å². The highest BCUT2D eigenvalue weighted by Gasteiger charge is 2.10. The van der Waals surface area contributed by atoms with Crippen molar-refractivity contribution in [3.05, 3.63) is 91.4 Å². The zero-order valence-electron chi connectivity index (χ0n) is 15.0. The molecule has 0 spiro atoms. The van der Waals surface area contributed by atoms with E-state index in [1.807, 2.05) is 48.5 Å². The largest absolute Gasteiger partial charge is 0.456 e. The van der Waals surface area contributed by atoms with Gasteiger partial charge in [-0.15, -0.1) is 0 Å². The van der Waals surface area contributed by atoms with Crippen LogP contribution < -0.4 is 0 Å². The van der Waals surface area contributed by atoms with E-state index < -0.39 is 0 Å². The Hall–Kier alpha value is -1.83. The van der Waals surface area contributed by atoms with Gasteiger partial charge >= 0.3 is 0 Å². The maximum absolute atomic E-state index is 5.83. The van der Waals surface area contributed by atoms with Crippen LogP contribution in [0, 0.1) is 3.57 Å². The molecule has 2 heterocycles. The molecule has 0 fully saturated rings. The van der Waals surface area contributed by atoms with Gasteiger partial charge in [0.05, 0.1) is 3.57 Å². The van der Waals surface area contributed by atoms with Gasteiger partial charge in [-0.05, 0) is 81.0 Å². The average Bonchev–Trinajstić information content (AvgIpc) is 3.29. The summed E-state index contributed by atoms with van der Waals surface area (Å²) in [6, 6.07) is 26.4. The van der Waals surface area contributed by atoms with Crippen molar-refractivity contribution in [3.63, 3.8) is 0 Å². The lowest BCUT2D eigenvalue weighted by Gasteiger charge is -1.95. The van der Waals surface area contributed by atoms with Gasteiger partial charge in [0.2, 0.25) is 0 Å². The van der Waals surface area contributed by atoms with E-state index in [1.165, 1.54) is 21.5 Å². The fraction of sp³-hybridized carbons (Fsp3) is 0. The minimum atomic E-state index is 0.931. The molecule has 0 amide bonds. The van der Waals surface area contributed by atoms with Gasteiger partial charge in [0.1, 0.15) is 22.3 Å². The van der Waals surface area contributed by atoms with Gasteiger partial charge in [-0.25, -0.2) is 0 Å². The molecule has 0 unspecified atom stereocenters. The topological polar surface area (TPSA) is 26.3 Å². The van der Waals surface area contributed by atoms with E-state index in [4.69, 9.17) is 8.83 Å². The number of benzene rings is 4. The first-order valence-electron chi connectivity index (χ1n) is 8.94. The highest BCUT2D eigenvalue weighted by molar-refractivity contribution is 14.1. The minimum Gasteiger partial charge on any atom is -0.456 e. The van der Waals surface area contributed by atoms with Crippen LogP contribution in [0.25, 0.3) is 43.9 Å². The molecule has 4 aromatic carbocycles. The fourth-order valence-corrected chi connectivity index (χ4v) is 4.66. The predicted molar refractivity (Wildman–Crippen MR) is 136 cm³/mol. The first-order chi connectivity index (χ1) is 14.1. The Balaban J connectivity index is 0.000000125. The monoisotopic (exact) mass is 618 g/mol. The third-order valence-electron chi connectivity index (χ3n) is 4.78. The van der Waals surface area contributed by atoms with Gasteiger partial charge in [0.25, 0.3) is 0 Å².